The van der Waals surface area contributed by atoms with E-state index in [1.807, 2.05) is 65.2 Å². The molecule has 0 aliphatic heterocycles. The Kier molecular flexibility index (Phi) is 7.06. The van der Waals surface area contributed by atoms with Gasteiger partial charge in [0, 0.05) is 29.3 Å². The lowest BCUT2D eigenvalue weighted by molar-refractivity contribution is -0.113. The van der Waals surface area contributed by atoms with Gasteiger partial charge in [-0.2, -0.15) is 0 Å². The fraction of sp³-hybridized carbons (Fsp3) is 0.0741. The van der Waals surface area contributed by atoms with E-state index < -0.39 is 0 Å². The van der Waals surface area contributed by atoms with Gasteiger partial charge in [-0.05, 0) is 24.3 Å². The number of nitrogens with one attached hydrogen (secondary N) is 1. The van der Waals surface area contributed by atoms with Gasteiger partial charge in [0.25, 0.3) is 0 Å². The Bertz CT molecular complexity index is 1550. The minimum Gasteiger partial charge on any atom is -0.323 e. The van der Waals surface area contributed by atoms with Gasteiger partial charge in [0.2, 0.25) is 5.91 Å². The number of carbonyl (C=O) groups is 1. The first-order valence-corrected chi connectivity index (χ1v) is 12.5. The van der Waals surface area contributed by atoms with Gasteiger partial charge in [-0.15, -0.1) is 16.8 Å². The van der Waals surface area contributed by atoms with Crippen LogP contribution in [0.15, 0.2) is 96.8 Å². The molecule has 0 saturated heterocycles. The molecule has 0 radical (unpaired) electrons. The van der Waals surface area contributed by atoms with E-state index in [4.69, 9.17) is 16.6 Å². The molecule has 3 aromatic heterocycles. The highest BCUT2D eigenvalue weighted by Gasteiger charge is 2.19. The van der Waals surface area contributed by atoms with Gasteiger partial charge < -0.3 is 5.32 Å². The molecule has 1 amide bonds. The molecule has 9 heteroatoms. The summed E-state index contributed by atoms with van der Waals surface area (Å²) in [7, 11) is 0. The number of para-hydroxylation sites is 1. The predicted molar refractivity (Wildman–Crippen MR) is 145 cm³/mol. The second-order valence-corrected chi connectivity index (χ2v) is 9.12. The fourth-order valence-electron chi connectivity index (χ4n) is 3.80. The zero-order valence-electron chi connectivity index (χ0n) is 19.1. The van der Waals surface area contributed by atoms with Crippen LogP contribution in [0.25, 0.3) is 33.5 Å². The molecule has 1 N–H and O–H groups in total. The Hall–Kier alpha value is -4.01. The number of pyridine rings is 2. The number of allylic oxidation sites excluding steroid dienone is 1. The van der Waals surface area contributed by atoms with Crippen LogP contribution in [-0.4, -0.2) is 36.4 Å². The smallest absolute Gasteiger partial charge is 0.234 e. The van der Waals surface area contributed by atoms with E-state index in [9.17, 15) is 4.79 Å². The van der Waals surface area contributed by atoms with Gasteiger partial charge in [0.15, 0.2) is 16.1 Å². The van der Waals surface area contributed by atoms with Crippen LogP contribution in [0.4, 0.5) is 5.69 Å². The number of anilines is 1. The number of halogens is 1. The normalized spacial score (nSPS) is 10.9. The first-order valence-electron chi connectivity index (χ1n) is 11.2. The summed E-state index contributed by atoms with van der Waals surface area (Å²) in [6, 6.07) is 23.4. The fourth-order valence-corrected chi connectivity index (χ4v) is 4.72. The van der Waals surface area contributed by atoms with Crippen LogP contribution in [0, 0.1) is 0 Å². The number of nitrogens with zero attached hydrogens (tertiary/aromatic N) is 5. The van der Waals surface area contributed by atoms with Crippen molar-refractivity contribution in [3.8, 4) is 22.6 Å². The van der Waals surface area contributed by atoms with Crippen molar-refractivity contribution < 1.29 is 4.79 Å². The first-order chi connectivity index (χ1) is 17.6. The highest BCUT2D eigenvalue weighted by atomic mass is 35.5. The summed E-state index contributed by atoms with van der Waals surface area (Å²) < 4.78 is 1.96. The van der Waals surface area contributed by atoms with Crippen molar-refractivity contribution in [2.24, 2.45) is 0 Å². The summed E-state index contributed by atoms with van der Waals surface area (Å²) in [6.07, 6.45) is 3.35. The maximum absolute atomic E-state index is 12.6. The zero-order chi connectivity index (χ0) is 24.9. The van der Waals surface area contributed by atoms with Gasteiger partial charge in [0.1, 0.15) is 0 Å². The molecule has 7 nitrogen and oxygen atoms in total. The van der Waals surface area contributed by atoms with Gasteiger partial charge in [-0.25, -0.2) is 9.97 Å². The molecule has 2 aromatic carbocycles. The summed E-state index contributed by atoms with van der Waals surface area (Å²) in [4.78, 5) is 21.4. The number of amides is 1. The number of hydrogen-bond donors (Lipinski definition) is 1. The Balaban J connectivity index is 1.49. The second kappa shape index (κ2) is 10.7. The van der Waals surface area contributed by atoms with Crippen LogP contribution >= 0.6 is 23.4 Å². The lowest BCUT2D eigenvalue weighted by Gasteiger charge is -2.12. The molecule has 0 bridgehead atoms. The number of fused-ring (bicyclic) bond motifs is 1. The van der Waals surface area contributed by atoms with Crippen LogP contribution in [-0.2, 0) is 11.3 Å². The number of aromatic nitrogens is 5. The average molecular weight is 513 g/mol. The summed E-state index contributed by atoms with van der Waals surface area (Å²) in [5.74, 6) is 0.599. The van der Waals surface area contributed by atoms with E-state index in [1.54, 1.807) is 24.4 Å². The van der Waals surface area contributed by atoms with Crippen molar-refractivity contribution in [3.05, 3.63) is 96.8 Å². The van der Waals surface area contributed by atoms with Crippen molar-refractivity contribution in [1.82, 2.24) is 24.7 Å². The number of rotatable bonds is 8. The summed E-state index contributed by atoms with van der Waals surface area (Å²) in [5, 5.41) is 13.5. The quantitative estimate of drug-likeness (QED) is 0.153. The van der Waals surface area contributed by atoms with E-state index in [1.165, 1.54) is 11.8 Å². The minimum absolute atomic E-state index is 0.132. The molecular weight excluding hydrogens is 492 g/mol. The molecule has 0 aliphatic carbocycles. The average Bonchev–Trinajstić information content (AvgIpc) is 3.31. The molecule has 0 spiro atoms. The molecule has 0 saturated carbocycles. The van der Waals surface area contributed by atoms with E-state index in [0.717, 1.165) is 27.7 Å². The third-order valence-corrected chi connectivity index (χ3v) is 6.69. The van der Waals surface area contributed by atoms with Crippen LogP contribution in [0.5, 0.6) is 0 Å². The highest BCUT2D eigenvalue weighted by Crippen LogP contribution is 2.33. The Morgan fingerprint density at radius 2 is 1.86 bits per heavy atom. The standard InChI is InChI=1S/C27H21ClN6OS/c1-2-15-34-26(32-33-27(34)36-17-24(35)31-22-13-8-14-29-25(22)28)20-16-23(18-9-4-3-5-10-18)30-21-12-7-6-11-19(20)21/h2-14,16H,1,15,17H2,(H,31,35). The molecule has 0 unspecified atom stereocenters. The lowest BCUT2D eigenvalue weighted by atomic mass is 10.0. The second-order valence-electron chi connectivity index (χ2n) is 7.82. The van der Waals surface area contributed by atoms with Gasteiger partial charge in [0.05, 0.1) is 22.7 Å². The SMILES string of the molecule is C=CCn1c(SCC(=O)Nc2cccnc2Cl)nnc1-c1cc(-c2ccccc2)nc2ccccc12. The summed E-state index contributed by atoms with van der Waals surface area (Å²) in [5.41, 5.74) is 4.10. The highest BCUT2D eigenvalue weighted by molar-refractivity contribution is 7.99. The monoisotopic (exact) mass is 512 g/mol. The van der Waals surface area contributed by atoms with Crippen molar-refractivity contribution in [2.45, 2.75) is 11.7 Å². The number of thioether (sulfide) groups is 1. The van der Waals surface area contributed by atoms with Crippen LogP contribution in [0.2, 0.25) is 5.15 Å². The maximum Gasteiger partial charge on any atom is 0.234 e. The van der Waals surface area contributed by atoms with Crippen molar-refractivity contribution in [3.63, 3.8) is 0 Å². The van der Waals surface area contributed by atoms with E-state index in [2.05, 4.69) is 27.1 Å². The molecule has 5 aromatic rings. The molecule has 3 heterocycles. The number of benzene rings is 2. The topological polar surface area (TPSA) is 85.6 Å². The third kappa shape index (κ3) is 5.00. The molecule has 36 heavy (non-hydrogen) atoms. The zero-order valence-corrected chi connectivity index (χ0v) is 20.7. The molecule has 0 atom stereocenters. The van der Waals surface area contributed by atoms with E-state index >= 15 is 0 Å². The van der Waals surface area contributed by atoms with Crippen molar-refractivity contribution in [2.75, 3.05) is 11.1 Å². The molecular formula is C27H21ClN6OS. The van der Waals surface area contributed by atoms with Crippen molar-refractivity contribution >= 4 is 45.9 Å². The van der Waals surface area contributed by atoms with Crippen molar-refractivity contribution in [1.29, 1.82) is 0 Å². The summed E-state index contributed by atoms with van der Waals surface area (Å²) in [6.45, 7) is 4.38. The Morgan fingerprint density at radius 1 is 1.06 bits per heavy atom. The molecule has 178 valence electrons. The van der Waals surface area contributed by atoms with Gasteiger partial charge in [-0.1, -0.05) is 78.0 Å². The molecule has 5 rings (SSSR count). The number of hydrogen-bond acceptors (Lipinski definition) is 6. The minimum atomic E-state index is -0.217. The van der Waals surface area contributed by atoms with Crippen LogP contribution < -0.4 is 5.32 Å². The largest absolute Gasteiger partial charge is 0.323 e. The van der Waals surface area contributed by atoms with Crippen LogP contribution in [0.3, 0.4) is 0 Å². The Morgan fingerprint density at radius 3 is 2.67 bits per heavy atom. The lowest BCUT2D eigenvalue weighted by Crippen LogP contribution is -2.15. The van der Waals surface area contributed by atoms with E-state index in [-0.39, 0.29) is 16.8 Å². The van der Waals surface area contributed by atoms with E-state index in [0.29, 0.717) is 23.2 Å². The third-order valence-electron chi connectivity index (χ3n) is 5.42. The summed E-state index contributed by atoms with van der Waals surface area (Å²) >= 11 is 7.34. The molecule has 0 fully saturated rings. The first kappa shape index (κ1) is 23.7. The molecule has 0 aliphatic rings. The van der Waals surface area contributed by atoms with Gasteiger partial charge in [-0.3, -0.25) is 9.36 Å². The van der Waals surface area contributed by atoms with Crippen LogP contribution in [0.1, 0.15) is 0 Å². The number of carbonyl (C=O) groups excluding carboxylic acids is 1. The maximum atomic E-state index is 12.6. The van der Waals surface area contributed by atoms with Gasteiger partial charge >= 0.3 is 0 Å². The predicted octanol–water partition coefficient (Wildman–Crippen LogP) is 6.13. The Labute approximate surface area is 217 Å².